The highest BCUT2D eigenvalue weighted by atomic mass is 32.2. The number of hydrogen-bond acceptors (Lipinski definition) is 7. The predicted molar refractivity (Wildman–Crippen MR) is 87.9 cm³/mol. The van der Waals surface area contributed by atoms with Crippen LogP contribution in [-0.4, -0.2) is 32.2 Å². The molecule has 0 bridgehead atoms. The van der Waals surface area contributed by atoms with Crippen LogP contribution in [0.5, 0.6) is 5.75 Å². The Balaban J connectivity index is 1.77. The Kier molecular flexibility index (Phi) is 3.66. The summed E-state index contributed by atoms with van der Waals surface area (Å²) in [5, 5.41) is 5.07. The monoisotopic (exact) mass is 388 g/mol. The minimum absolute atomic E-state index is 0.262. The lowest BCUT2D eigenvalue weighted by atomic mass is 10.3. The van der Waals surface area contributed by atoms with E-state index in [4.69, 9.17) is 0 Å². The lowest BCUT2D eigenvalue weighted by molar-refractivity contribution is -0.274. The normalized spacial score (nSPS) is 12.3. The van der Waals surface area contributed by atoms with Gasteiger partial charge in [0, 0.05) is 0 Å². The van der Waals surface area contributed by atoms with Crippen molar-refractivity contribution in [2.75, 3.05) is 6.26 Å². The van der Waals surface area contributed by atoms with E-state index in [1.165, 1.54) is 52.6 Å². The van der Waals surface area contributed by atoms with Gasteiger partial charge in [0.2, 0.25) is 4.96 Å². The van der Waals surface area contributed by atoms with Crippen LogP contribution in [0.4, 0.5) is 13.2 Å². The molecule has 3 heterocycles. The van der Waals surface area contributed by atoms with Crippen molar-refractivity contribution >= 4 is 49.6 Å². The molecule has 4 aromatic rings. The molecular formula is C13H7F3N4OS3. The van der Waals surface area contributed by atoms with E-state index in [9.17, 15) is 13.2 Å². The van der Waals surface area contributed by atoms with E-state index in [-0.39, 0.29) is 5.75 Å². The van der Waals surface area contributed by atoms with Crippen LogP contribution >= 0.6 is 34.4 Å². The summed E-state index contributed by atoms with van der Waals surface area (Å²) in [7, 11) is 0. The highest BCUT2D eigenvalue weighted by Gasteiger charge is 2.31. The molecule has 0 aliphatic carbocycles. The van der Waals surface area contributed by atoms with Crippen LogP contribution < -0.4 is 4.74 Å². The predicted octanol–water partition coefficient (Wildman–Crippen LogP) is 4.69. The minimum Gasteiger partial charge on any atom is -0.406 e. The maximum Gasteiger partial charge on any atom is 0.573 e. The third-order valence-corrected chi connectivity index (χ3v) is 5.99. The number of hydrogen-bond donors (Lipinski definition) is 0. The van der Waals surface area contributed by atoms with Crippen LogP contribution in [0.25, 0.3) is 25.9 Å². The van der Waals surface area contributed by atoms with Gasteiger partial charge in [-0.2, -0.15) is 4.52 Å². The van der Waals surface area contributed by atoms with Crippen molar-refractivity contribution in [1.82, 2.24) is 19.6 Å². The van der Waals surface area contributed by atoms with Gasteiger partial charge in [0.1, 0.15) is 16.5 Å². The van der Waals surface area contributed by atoms with Crippen molar-refractivity contribution in [2.45, 2.75) is 10.7 Å². The fraction of sp³-hybridized carbons (Fsp3) is 0.154. The van der Waals surface area contributed by atoms with E-state index >= 15 is 0 Å². The van der Waals surface area contributed by atoms with Gasteiger partial charge in [0.05, 0.1) is 16.4 Å². The van der Waals surface area contributed by atoms with Gasteiger partial charge in [-0.15, -0.1) is 29.6 Å². The van der Waals surface area contributed by atoms with Crippen molar-refractivity contribution in [3.05, 3.63) is 24.4 Å². The van der Waals surface area contributed by atoms with Crippen molar-refractivity contribution in [2.24, 2.45) is 0 Å². The van der Waals surface area contributed by atoms with Crippen molar-refractivity contribution in [3.63, 3.8) is 0 Å². The van der Waals surface area contributed by atoms with E-state index in [0.717, 1.165) is 9.30 Å². The highest BCUT2D eigenvalue weighted by Crippen LogP contribution is 2.35. The van der Waals surface area contributed by atoms with Gasteiger partial charge in [0.15, 0.2) is 4.34 Å². The molecule has 11 heteroatoms. The number of halogens is 3. The number of alkyl halides is 3. The average molecular weight is 388 g/mol. The summed E-state index contributed by atoms with van der Waals surface area (Å²) in [6.07, 6.45) is -1.13. The largest absolute Gasteiger partial charge is 0.573 e. The zero-order valence-corrected chi connectivity index (χ0v) is 14.3. The Hall–Kier alpha value is -1.85. The Labute approximate surface area is 145 Å². The quantitative estimate of drug-likeness (QED) is 0.477. The highest BCUT2D eigenvalue weighted by molar-refractivity contribution is 8.00. The fourth-order valence-corrected chi connectivity index (χ4v) is 4.43. The number of benzene rings is 1. The maximum atomic E-state index is 12.3. The summed E-state index contributed by atoms with van der Waals surface area (Å²) in [6.45, 7) is 0. The molecule has 0 N–H and O–H groups in total. The summed E-state index contributed by atoms with van der Waals surface area (Å²) in [4.78, 5) is 9.50. The molecule has 1 aromatic carbocycles. The lowest BCUT2D eigenvalue weighted by Crippen LogP contribution is -2.16. The number of ether oxygens (including phenoxy) is 1. The van der Waals surface area contributed by atoms with Gasteiger partial charge in [0.25, 0.3) is 0 Å². The van der Waals surface area contributed by atoms with Crippen LogP contribution in [0.1, 0.15) is 0 Å². The second kappa shape index (κ2) is 5.60. The molecule has 0 atom stereocenters. The standard InChI is InChI=1S/C13H7F3N4OS3/c1-22-12-19-20-8(5-17-11(20)24-12)10-18-7-3-2-6(4-9(7)23-10)21-13(14,15)16/h2-5H,1H3. The van der Waals surface area contributed by atoms with E-state index in [2.05, 4.69) is 19.8 Å². The number of rotatable bonds is 3. The van der Waals surface area contributed by atoms with Crippen LogP contribution in [0.15, 0.2) is 28.7 Å². The third-order valence-electron chi connectivity index (χ3n) is 3.05. The summed E-state index contributed by atoms with van der Waals surface area (Å²) in [6, 6.07) is 4.08. The number of thioether (sulfide) groups is 1. The molecule has 3 aromatic heterocycles. The van der Waals surface area contributed by atoms with Gasteiger partial charge in [-0.05, 0) is 24.5 Å². The number of nitrogens with zero attached hydrogens (tertiary/aromatic N) is 4. The molecule has 0 fully saturated rings. The van der Waals surface area contributed by atoms with Crippen LogP contribution in [-0.2, 0) is 0 Å². The maximum absolute atomic E-state index is 12.3. The molecule has 0 spiro atoms. The molecule has 124 valence electrons. The smallest absolute Gasteiger partial charge is 0.406 e. The fourth-order valence-electron chi connectivity index (χ4n) is 2.12. The van der Waals surface area contributed by atoms with E-state index in [1.54, 1.807) is 10.7 Å². The second-order valence-electron chi connectivity index (χ2n) is 4.61. The van der Waals surface area contributed by atoms with Gasteiger partial charge in [-0.3, -0.25) is 0 Å². The molecule has 0 radical (unpaired) electrons. The van der Waals surface area contributed by atoms with Gasteiger partial charge < -0.3 is 4.74 Å². The Morgan fingerprint density at radius 3 is 2.83 bits per heavy atom. The third kappa shape index (κ3) is 2.82. The average Bonchev–Trinajstić information content (AvgIpc) is 3.16. The Morgan fingerprint density at radius 1 is 1.25 bits per heavy atom. The first-order chi connectivity index (χ1) is 11.4. The molecule has 0 unspecified atom stereocenters. The van der Waals surface area contributed by atoms with Crippen LogP contribution in [0, 0.1) is 0 Å². The minimum atomic E-state index is -4.71. The topological polar surface area (TPSA) is 52.3 Å². The molecule has 0 saturated heterocycles. The number of imidazole rings is 1. The molecule has 0 aliphatic rings. The van der Waals surface area contributed by atoms with Gasteiger partial charge in [-0.25, -0.2) is 9.97 Å². The molecular weight excluding hydrogens is 381 g/mol. The molecule has 0 amide bonds. The lowest BCUT2D eigenvalue weighted by Gasteiger charge is -2.07. The zero-order chi connectivity index (χ0) is 16.9. The SMILES string of the molecule is CSc1nn2c(-c3nc4ccc(OC(F)(F)F)cc4s3)cnc2s1. The number of aromatic nitrogens is 4. The van der Waals surface area contributed by atoms with Gasteiger partial charge in [-0.1, -0.05) is 23.1 Å². The molecule has 5 nitrogen and oxygen atoms in total. The summed E-state index contributed by atoms with van der Waals surface area (Å²) in [5.74, 6) is -0.262. The first-order valence-electron chi connectivity index (χ1n) is 6.48. The Morgan fingerprint density at radius 2 is 2.08 bits per heavy atom. The number of fused-ring (bicyclic) bond motifs is 2. The molecule has 0 aliphatic heterocycles. The van der Waals surface area contributed by atoms with Crippen molar-refractivity contribution < 1.29 is 17.9 Å². The van der Waals surface area contributed by atoms with Crippen LogP contribution in [0.2, 0.25) is 0 Å². The summed E-state index contributed by atoms with van der Waals surface area (Å²) >= 11 is 4.25. The van der Waals surface area contributed by atoms with Gasteiger partial charge >= 0.3 is 6.36 Å². The molecule has 24 heavy (non-hydrogen) atoms. The van der Waals surface area contributed by atoms with E-state index in [0.29, 0.717) is 20.9 Å². The Bertz CT molecular complexity index is 1040. The first-order valence-corrected chi connectivity index (χ1v) is 9.34. The van der Waals surface area contributed by atoms with Crippen molar-refractivity contribution in [1.29, 1.82) is 0 Å². The van der Waals surface area contributed by atoms with E-state index in [1.807, 2.05) is 6.26 Å². The molecule has 0 saturated carbocycles. The van der Waals surface area contributed by atoms with E-state index < -0.39 is 6.36 Å². The van der Waals surface area contributed by atoms with Crippen LogP contribution in [0.3, 0.4) is 0 Å². The molecule has 4 rings (SSSR count). The summed E-state index contributed by atoms with van der Waals surface area (Å²) in [5.41, 5.74) is 1.31. The number of thiazole rings is 1. The van der Waals surface area contributed by atoms with Crippen molar-refractivity contribution in [3.8, 4) is 16.5 Å². The summed E-state index contributed by atoms with van der Waals surface area (Å²) < 4.78 is 44.1. The second-order valence-corrected chi connectivity index (χ2v) is 7.65. The first kappa shape index (κ1) is 15.7. The zero-order valence-electron chi connectivity index (χ0n) is 11.9.